The highest BCUT2D eigenvalue weighted by atomic mass is 32.2. The zero-order valence-corrected chi connectivity index (χ0v) is 35.6. The first-order chi connectivity index (χ1) is 26.9. The number of thioether (sulfide) groups is 2. The number of benzene rings is 2. The summed E-state index contributed by atoms with van der Waals surface area (Å²) in [6.07, 6.45) is 19.9. The summed E-state index contributed by atoms with van der Waals surface area (Å²) >= 11 is 3.05. The van der Waals surface area contributed by atoms with Gasteiger partial charge in [-0.1, -0.05) is 126 Å². The molecular formula is C47H66N2O4S2. The van der Waals surface area contributed by atoms with Crippen LogP contribution < -0.4 is 10.6 Å². The Hall–Kier alpha value is -3.36. The topological polar surface area (TPSA) is 76.7 Å². The second-order valence-corrected chi connectivity index (χ2v) is 17.0. The van der Waals surface area contributed by atoms with Crippen molar-refractivity contribution in [3.8, 4) is 0 Å². The first-order valence-corrected chi connectivity index (χ1v) is 22.7. The monoisotopic (exact) mass is 786 g/mol. The van der Waals surface area contributed by atoms with Crippen molar-refractivity contribution < 1.29 is 19.1 Å². The van der Waals surface area contributed by atoms with E-state index in [1.165, 1.54) is 34.9 Å². The lowest BCUT2D eigenvalue weighted by molar-refractivity contribution is -0.140. The number of rotatable bonds is 24. The molecule has 0 radical (unpaired) electrons. The molecule has 0 bridgehead atoms. The molecule has 0 fully saturated rings. The molecule has 0 spiro atoms. The molecule has 0 heterocycles. The summed E-state index contributed by atoms with van der Waals surface area (Å²) in [7, 11) is 0. The van der Waals surface area contributed by atoms with Crippen molar-refractivity contribution in [1.82, 2.24) is 10.6 Å². The van der Waals surface area contributed by atoms with Gasteiger partial charge in [-0.3, -0.25) is 0 Å². The molecule has 0 aromatic heterocycles. The maximum absolute atomic E-state index is 13.6. The number of esters is 2. The number of hydrogen-bond acceptors (Lipinski definition) is 8. The average Bonchev–Trinajstić information content (AvgIpc) is 3.22. The molecule has 2 aliphatic carbocycles. The molecule has 0 saturated carbocycles. The quantitative estimate of drug-likeness (QED) is 0.0471. The van der Waals surface area contributed by atoms with Crippen LogP contribution >= 0.6 is 23.5 Å². The fourth-order valence-electron chi connectivity index (χ4n) is 6.87. The maximum atomic E-state index is 13.6. The summed E-state index contributed by atoms with van der Waals surface area (Å²) in [5, 5.41) is 7.34. The molecular weight excluding hydrogens is 721 g/mol. The largest absolute Gasteiger partial charge is 0.461 e. The second kappa shape index (κ2) is 25.7. The van der Waals surface area contributed by atoms with Gasteiger partial charge in [-0.05, 0) is 117 Å². The minimum Gasteiger partial charge on any atom is -0.461 e. The lowest BCUT2D eigenvalue weighted by Crippen LogP contribution is -2.23. The molecule has 2 aliphatic rings. The Morgan fingerprint density at radius 2 is 1.02 bits per heavy atom. The third kappa shape index (κ3) is 16.0. The number of carbonyl (C=O) groups excluding carboxylic acids is 2. The lowest BCUT2D eigenvalue weighted by Gasteiger charge is -2.22. The van der Waals surface area contributed by atoms with Crippen LogP contribution in [0.2, 0.25) is 0 Å². The molecule has 300 valence electrons. The van der Waals surface area contributed by atoms with Crippen LogP contribution in [0.1, 0.15) is 124 Å². The average molecular weight is 787 g/mol. The van der Waals surface area contributed by atoms with Gasteiger partial charge in [-0.2, -0.15) is 0 Å². The van der Waals surface area contributed by atoms with Gasteiger partial charge >= 0.3 is 11.9 Å². The predicted molar refractivity (Wildman–Crippen MR) is 232 cm³/mol. The van der Waals surface area contributed by atoms with E-state index in [1.54, 1.807) is 0 Å². The molecule has 55 heavy (non-hydrogen) atoms. The summed E-state index contributed by atoms with van der Waals surface area (Å²) in [5.74, 6) is 0.403. The summed E-state index contributed by atoms with van der Waals surface area (Å²) in [5.41, 5.74) is 4.48. The van der Waals surface area contributed by atoms with E-state index >= 15 is 0 Å². The van der Waals surface area contributed by atoms with Crippen LogP contribution in [-0.2, 0) is 19.1 Å². The second-order valence-electron chi connectivity index (χ2n) is 14.8. The summed E-state index contributed by atoms with van der Waals surface area (Å²) in [4.78, 5) is 30.7. The Morgan fingerprint density at radius 3 is 1.40 bits per heavy atom. The van der Waals surface area contributed by atoms with Crippen molar-refractivity contribution >= 4 is 35.5 Å². The van der Waals surface area contributed by atoms with Gasteiger partial charge in [0.15, 0.2) is 0 Å². The molecule has 2 atom stereocenters. The van der Waals surface area contributed by atoms with E-state index < -0.39 is 0 Å². The van der Waals surface area contributed by atoms with Gasteiger partial charge in [0, 0.05) is 34.3 Å². The van der Waals surface area contributed by atoms with Crippen molar-refractivity contribution in [2.75, 3.05) is 26.3 Å². The van der Waals surface area contributed by atoms with E-state index in [2.05, 4.69) is 74.7 Å². The van der Waals surface area contributed by atoms with Gasteiger partial charge in [0.2, 0.25) is 0 Å². The van der Waals surface area contributed by atoms with E-state index in [-0.39, 0.29) is 11.9 Å². The summed E-state index contributed by atoms with van der Waals surface area (Å²) < 4.78 is 12.0. The van der Waals surface area contributed by atoms with Crippen molar-refractivity contribution in [3.05, 3.63) is 105 Å². The van der Waals surface area contributed by atoms with Crippen LogP contribution in [0.15, 0.2) is 115 Å². The van der Waals surface area contributed by atoms with Crippen molar-refractivity contribution in [1.29, 1.82) is 0 Å². The molecule has 8 heteroatoms. The molecule has 4 rings (SSSR count). The molecule has 2 N–H and O–H groups in total. The Morgan fingerprint density at radius 1 is 0.600 bits per heavy atom. The first-order valence-electron chi connectivity index (χ1n) is 21.1. The number of hydrogen-bond donors (Lipinski definition) is 2. The summed E-state index contributed by atoms with van der Waals surface area (Å²) in [6.45, 7) is 11.4. The molecule has 2 aromatic rings. The Balaban J connectivity index is 1.38. The molecule has 2 aromatic carbocycles. The van der Waals surface area contributed by atoms with Gasteiger partial charge in [-0.25, -0.2) is 9.59 Å². The number of unbranched alkanes of at least 4 members (excludes halogenated alkanes) is 2. The van der Waals surface area contributed by atoms with Crippen LogP contribution in [0.4, 0.5) is 0 Å². The molecule has 0 amide bonds. The van der Waals surface area contributed by atoms with Crippen LogP contribution in [0.5, 0.6) is 0 Å². The van der Waals surface area contributed by atoms with Crippen molar-refractivity contribution in [2.45, 2.75) is 134 Å². The van der Waals surface area contributed by atoms with E-state index in [0.717, 1.165) is 130 Å². The van der Waals surface area contributed by atoms with Gasteiger partial charge in [0.05, 0.1) is 13.2 Å². The predicted octanol–water partition coefficient (Wildman–Crippen LogP) is 12.3. The fraction of sp³-hybridized carbons (Fsp3) is 0.532. The first kappa shape index (κ1) is 44.4. The highest BCUT2D eigenvalue weighted by Gasteiger charge is 2.23. The molecule has 2 unspecified atom stereocenters. The van der Waals surface area contributed by atoms with Gasteiger partial charge in [-0.15, -0.1) is 0 Å². The van der Waals surface area contributed by atoms with Gasteiger partial charge in [0.1, 0.15) is 9.81 Å². The van der Waals surface area contributed by atoms with Crippen LogP contribution in [0.3, 0.4) is 0 Å². The van der Waals surface area contributed by atoms with E-state index in [0.29, 0.717) is 34.9 Å². The van der Waals surface area contributed by atoms with Gasteiger partial charge in [0.25, 0.3) is 0 Å². The van der Waals surface area contributed by atoms with Crippen LogP contribution in [-0.4, -0.2) is 38.2 Å². The van der Waals surface area contributed by atoms with E-state index in [9.17, 15) is 9.59 Å². The lowest BCUT2D eigenvalue weighted by atomic mass is 9.98. The summed E-state index contributed by atoms with van der Waals surface area (Å²) in [6, 6.07) is 20.3. The number of ether oxygens (including phenoxy) is 2. The van der Waals surface area contributed by atoms with Crippen LogP contribution in [0.25, 0.3) is 0 Å². The molecule has 0 saturated heterocycles. The normalized spacial score (nSPS) is 17.3. The minimum atomic E-state index is -0.203. The molecule has 6 nitrogen and oxygen atoms in total. The highest BCUT2D eigenvalue weighted by Crippen LogP contribution is 2.36. The van der Waals surface area contributed by atoms with E-state index in [1.807, 2.05) is 36.4 Å². The number of carbonyl (C=O) groups is 2. The Bertz CT molecular complexity index is 1470. The molecule has 0 aliphatic heterocycles. The zero-order chi connectivity index (χ0) is 39.1. The van der Waals surface area contributed by atoms with Crippen molar-refractivity contribution in [2.24, 2.45) is 11.8 Å². The van der Waals surface area contributed by atoms with Gasteiger partial charge < -0.3 is 20.1 Å². The number of allylic oxidation sites excluding steroid dienone is 6. The van der Waals surface area contributed by atoms with Crippen LogP contribution in [0, 0.1) is 11.8 Å². The van der Waals surface area contributed by atoms with Crippen molar-refractivity contribution in [3.63, 3.8) is 0 Å². The Labute approximate surface area is 340 Å². The third-order valence-corrected chi connectivity index (χ3v) is 12.7. The Kier molecular flexibility index (Phi) is 20.8. The fourth-order valence-corrected chi connectivity index (χ4v) is 8.80. The highest BCUT2D eigenvalue weighted by molar-refractivity contribution is 8.04. The number of nitrogens with one attached hydrogen (secondary N) is 2. The third-order valence-electron chi connectivity index (χ3n) is 10.4. The SMILES string of the molecule is CCCCC(CC)COC(=O)/C(Sc1ccccc1)=C1\C=C(NCCCNC2=C/C(=C(/Sc3ccccc3)C(=O)OCC(CC)CCCC)CCC2)CCC1. The maximum Gasteiger partial charge on any atom is 0.345 e. The van der Waals surface area contributed by atoms with E-state index in [4.69, 9.17) is 9.47 Å². The zero-order valence-electron chi connectivity index (χ0n) is 34.0. The minimum absolute atomic E-state index is 0.203. The standard InChI is InChI=1S/C47H66N2O4S2/c1-5-9-20-36(7-3)34-52-46(50)44(54-42-26-13-11-14-27-42)38-22-17-24-40(32-38)48-30-19-31-49-41-25-18-23-39(33-41)45(55-43-28-15-12-16-29-43)47(51)53-35-37(8-4)21-10-6-2/h11-16,26-29,32-33,36-37,48-49H,5-10,17-25,30-31,34-35H2,1-4H3/b44-38+,45-39+. The smallest absolute Gasteiger partial charge is 0.345 e.